The van der Waals surface area contributed by atoms with E-state index in [0.717, 1.165) is 34.3 Å². The number of hydrogen-bond donors (Lipinski definition) is 1. The molecule has 150 valence electrons. The molecule has 0 radical (unpaired) electrons. The van der Waals surface area contributed by atoms with E-state index in [-0.39, 0.29) is 5.91 Å². The van der Waals surface area contributed by atoms with Gasteiger partial charge in [0.05, 0.1) is 11.1 Å². The number of pyridine rings is 1. The molecule has 0 spiro atoms. The Morgan fingerprint density at radius 1 is 1.03 bits per heavy atom. The topological polar surface area (TPSA) is 69.0 Å². The van der Waals surface area contributed by atoms with Crippen molar-refractivity contribution in [3.05, 3.63) is 83.6 Å². The highest BCUT2D eigenvalue weighted by Gasteiger charge is 2.15. The highest BCUT2D eigenvalue weighted by molar-refractivity contribution is 7.99. The summed E-state index contributed by atoms with van der Waals surface area (Å²) in [6.45, 7) is 2.54. The van der Waals surface area contributed by atoms with Crippen molar-refractivity contribution in [2.45, 2.75) is 29.2 Å². The summed E-state index contributed by atoms with van der Waals surface area (Å²) in [5.74, 6) is 0.858. The molecule has 4 rings (SSSR count). The number of aromatic nitrogens is 1. The highest BCUT2D eigenvalue weighted by Crippen LogP contribution is 2.32. The lowest BCUT2D eigenvalue weighted by atomic mass is 10.2. The van der Waals surface area contributed by atoms with E-state index >= 15 is 0 Å². The number of rotatable bonds is 6. The van der Waals surface area contributed by atoms with Gasteiger partial charge in [-0.2, -0.15) is 5.26 Å². The first-order valence-corrected chi connectivity index (χ1v) is 10.8. The third-order valence-corrected chi connectivity index (χ3v) is 6.20. The molecule has 1 amide bonds. The maximum Gasteiger partial charge on any atom is 0.252 e. The van der Waals surface area contributed by atoms with E-state index in [0.29, 0.717) is 17.7 Å². The van der Waals surface area contributed by atoms with Gasteiger partial charge in [-0.1, -0.05) is 42.1 Å². The second kappa shape index (κ2) is 9.47. The SMILES string of the molecule is N#Cc1ccccc1Sc1ccccc1C(=O)NCc1ccc(N2CCCC2)nc1. The molecule has 1 N–H and O–H groups in total. The summed E-state index contributed by atoms with van der Waals surface area (Å²) in [6.07, 6.45) is 4.27. The summed E-state index contributed by atoms with van der Waals surface area (Å²) >= 11 is 1.43. The van der Waals surface area contributed by atoms with Crippen molar-refractivity contribution in [1.29, 1.82) is 5.26 Å². The third kappa shape index (κ3) is 4.64. The Kier molecular flexibility index (Phi) is 6.31. The average molecular weight is 415 g/mol. The Hall–Kier alpha value is -3.30. The molecule has 3 aromatic rings. The number of amides is 1. The molecular formula is C24H22N4OS. The van der Waals surface area contributed by atoms with Crippen LogP contribution in [0.15, 0.2) is 76.7 Å². The molecule has 0 saturated carbocycles. The van der Waals surface area contributed by atoms with Gasteiger partial charge in [-0.15, -0.1) is 0 Å². The second-order valence-electron chi connectivity index (χ2n) is 7.11. The van der Waals surface area contributed by atoms with Gasteiger partial charge in [0.1, 0.15) is 11.9 Å². The summed E-state index contributed by atoms with van der Waals surface area (Å²) < 4.78 is 0. The van der Waals surface area contributed by atoms with Crippen molar-refractivity contribution < 1.29 is 4.79 Å². The monoisotopic (exact) mass is 414 g/mol. The minimum atomic E-state index is -0.142. The Labute approximate surface area is 180 Å². The number of anilines is 1. The molecule has 2 heterocycles. The number of carbonyl (C=O) groups excluding carboxylic acids is 1. The van der Waals surface area contributed by atoms with Crippen molar-refractivity contribution in [2.24, 2.45) is 0 Å². The molecule has 5 nitrogen and oxygen atoms in total. The Balaban J connectivity index is 1.43. The van der Waals surface area contributed by atoms with Crippen LogP contribution < -0.4 is 10.2 Å². The molecule has 0 aliphatic carbocycles. The van der Waals surface area contributed by atoms with Crippen LogP contribution in [0.2, 0.25) is 0 Å². The van der Waals surface area contributed by atoms with Crippen LogP contribution in [0.25, 0.3) is 0 Å². The van der Waals surface area contributed by atoms with Gasteiger partial charge >= 0.3 is 0 Å². The smallest absolute Gasteiger partial charge is 0.252 e. The number of nitrogens with one attached hydrogen (secondary N) is 1. The maximum absolute atomic E-state index is 12.8. The van der Waals surface area contributed by atoms with Gasteiger partial charge in [0, 0.05) is 35.6 Å². The lowest BCUT2D eigenvalue weighted by Crippen LogP contribution is -2.24. The lowest BCUT2D eigenvalue weighted by molar-refractivity contribution is 0.0948. The summed E-state index contributed by atoms with van der Waals surface area (Å²) in [5, 5.41) is 12.3. The fraction of sp³-hybridized carbons (Fsp3) is 0.208. The van der Waals surface area contributed by atoms with Gasteiger partial charge in [0.2, 0.25) is 0 Å². The van der Waals surface area contributed by atoms with Crippen LogP contribution in [-0.2, 0) is 6.54 Å². The van der Waals surface area contributed by atoms with Gasteiger partial charge in [-0.25, -0.2) is 4.98 Å². The zero-order valence-corrected chi connectivity index (χ0v) is 17.4. The lowest BCUT2D eigenvalue weighted by Gasteiger charge is -2.16. The molecule has 1 aromatic heterocycles. The molecule has 0 unspecified atom stereocenters. The third-order valence-electron chi connectivity index (χ3n) is 5.05. The second-order valence-corrected chi connectivity index (χ2v) is 8.19. The number of hydrogen-bond acceptors (Lipinski definition) is 5. The Morgan fingerprint density at radius 2 is 1.77 bits per heavy atom. The van der Waals surface area contributed by atoms with Crippen LogP contribution in [0.1, 0.15) is 34.3 Å². The highest BCUT2D eigenvalue weighted by atomic mass is 32.2. The van der Waals surface area contributed by atoms with Crippen LogP contribution in [0.3, 0.4) is 0 Å². The number of nitriles is 1. The number of nitrogens with zero attached hydrogens (tertiary/aromatic N) is 3. The van der Waals surface area contributed by atoms with Crippen molar-refractivity contribution in [1.82, 2.24) is 10.3 Å². The van der Waals surface area contributed by atoms with E-state index in [1.807, 2.05) is 54.7 Å². The molecule has 30 heavy (non-hydrogen) atoms. The normalized spacial score (nSPS) is 13.1. The summed E-state index contributed by atoms with van der Waals surface area (Å²) in [5.41, 5.74) is 2.16. The Morgan fingerprint density at radius 3 is 2.50 bits per heavy atom. The molecule has 1 aliphatic heterocycles. The van der Waals surface area contributed by atoms with Gasteiger partial charge in [0.15, 0.2) is 0 Å². The van der Waals surface area contributed by atoms with Gasteiger partial charge in [-0.05, 0) is 48.7 Å². The predicted octanol–water partition coefficient (Wildman–Crippen LogP) is 4.63. The van der Waals surface area contributed by atoms with Crippen molar-refractivity contribution in [2.75, 3.05) is 18.0 Å². The molecule has 1 fully saturated rings. The van der Waals surface area contributed by atoms with Crippen molar-refractivity contribution in [3.63, 3.8) is 0 Å². The van der Waals surface area contributed by atoms with E-state index in [2.05, 4.69) is 21.3 Å². The fourth-order valence-electron chi connectivity index (χ4n) is 3.44. The van der Waals surface area contributed by atoms with E-state index in [4.69, 9.17) is 0 Å². The van der Waals surface area contributed by atoms with Crippen LogP contribution >= 0.6 is 11.8 Å². The van der Waals surface area contributed by atoms with Gasteiger partial charge in [-0.3, -0.25) is 4.79 Å². The van der Waals surface area contributed by atoms with E-state index in [9.17, 15) is 10.1 Å². The van der Waals surface area contributed by atoms with Gasteiger partial charge < -0.3 is 10.2 Å². The first-order valence-electron chi connectivity index (χ1n) is 9.99. The zero-order valence-electron chi connectivity index (χ0n) is 16.5. The van der Waals surface area contributed by atoms with E-state index in [1.54, 1.807) is 12.1 Å². The van der Waals surface area contributed by atoms with E-state index in [1.165, 1.54) is 24.6 Å². The molecule has 6 heteroatoms. The first-order chi connectivity index (χ1) is 14.7. The maximum atomic E-state index is 12.8. The predicted molar refractivity (Wildman–Crippen MR) is 119 cm³/mol. The molecule has 0 bridgehead atoms. The first kappa shape index (κ1) is 20.0. The fourth-order valence-corrected chi connectivity index (χ4v) is 4.47. The van der Waals surface area contributed by atoms with Crippen LogP contribution in [-0.4, -0.2) is 24.0 Å². The molecule has 0 atom stereocenters. The quantitative estimate of drug-likeness (QED) is 0.637. The minimum absolute atomic E-state index is 0.142. The summed E-state index contributed by atoms with van der Waals surface area (Å²) in [4.78, 5) is 21.3. The minimum Gasteiger partial charge on any atom is -0.357 e. The van der Waals surface area contributed by atoms with E-state index < -0.39 is 0 Å². The molecular weight excluding hydrogens is 392 g/mol. The standard InChI is InChI=1S/C24H22N4OS/c25-15-19-7-1-3-9-21(19)30-22-10-4-2-8-20(22)24(29)27-17-18-11-12-23(26-16-18)28-13-5-6-14-28/h1-4,7-12,16H,5-6,13-14,17H2,(H,27,29). The summed E-state index contributed by atoms with van der Waals surface area (Å²) in [7, 11) is 0. The number of carbonyl (C=O) groups is 1. The number of benzene rings is 2. The summed E-state index contributed by atoms with van der Waals surface area (Å²) in [6, 6.07) is 21.1. The average Bonchev–Trinajstić information content (AvgIpc) is 3.33. The molecule has 1 aliphatic rings. The largest absolute Gasteiger partial charge is 0.357 e. The van der Waals surface area contributed by atoms with Crippen LogP contribution in [0.5, 0.6) is 0 Å². The van der Waals surface area contributed by atoms with Crippen molar-refractivity contribution >= 4 is 23.5 Å². The van der Waals surface area contributed by atoms with Crippen LogP contribution in [0.4, 0.5) is 5.82 Å². The zero-order chi connectivity index (χ0) is 20.8. The van der Waals surface area contributed by atoms with Gasteiger partial charge in [0.25, 0.3) is 5.91 Å². The molecule has 1 saturated heterocycles. The van der Waals surface area contributed by atoms with Crippen LogP contribution in [0, 0.1) is 11.3 Å². The van der Waals surface area contributed by atoms with Crippen molar-refractivity contribution in [3.8, 4) is 6.07 Å². The molecule has 2 aromatic carbocycles. The Bertz CT molecular complexity index is 1070.